The third kappa shape index (κ3) is 4.58. The molecule has 13 nitrogen and oxygen atoms in total. The summed E-state index contributed by atoms with van der Waals surface area (Å²) in [6.07, 6.45) is -0.746. The minimum absolute atomic E-state index is 0.0401. The Balaban J connectivity index is 1.55. The van der Waals surface area contributed by atoms with Gasteiger partial charge in [-0.1, -0.05) is 5.11 Å². The molecule has 0 aliphatic carbocycles. The number of anilines is 2. The Morgan fingerprint density at radius 2 is 2.21 bits per heavy atom. The number of nitrogens with one attached hydrogen (secondary N) is 1. The molecule has 3 aliphatic rings. The number of nitrogens with zero attached hydrogens (tertiary/aromatic N) is 6. The first-order valence-corrected chi connectivity index (χ1v) is 10.5. The SMILES string of the molecule is CC(C)(C)OC(=O)N1CCC2(CN(c3ccc4c(n3)NC(=O)CO4)C(=O)O2)C(CN=[N+]=[N-])C1. The number of rotatable bonds is 3. The third-order valence-corrected chi connectivity index (χ3v) is 5.68. The van der Waals surface area contributed by atoms with Crippen LogP contribution in [0.5, 0.6) is 5.75 Å². The molecule has 176 valence electrons. The predicted octanol–water partition coefficient (Wildman–Crippen LogP) is 2.68. The smallest absolute Gasteiger partial charge is 0.416 e. The van der Waals surface area contributed by atoms with Crippen LogP contribution in [0.2, 0.25) is 0 Å². The number of azide groups is 1. The van der Waals surface area contributed by atoms with Gasteiger partial charge in [-0.15, -0.1) is 0 Å². The Hall–Kier alpha value is -3.73. The van der Waals surface area contributed by atoms with Crippen molar-refractivity contribution in [3.63, 3.8) is 0 Å². The van der Waals surface area contributed by atoms with Gasteiger partial charge in [-0.3, -0.25) is 9.69 Å². The zero-order chi connectivity index (χ0) is 23.8. The molecule has 2 saturated heterocycles. The van der Waals surface area contributed by atoms with E-state index in [-0.39, 0.29) is 38.0 Å². The van der Waals surface area contributed by atoms with Crippen LogP contribution < -0.4 is 15.0 Å². The fraction of sp³-hybridized carbons (Fsp3) is 0.600. The van der Waals surface area contributed by atoms with Crippen molar-refractivity contribution >= 4 is 29.7 Å². The van der Waals surface area contributed by atoms with E-state index in [0.29, 0.717) is 24.5 Å². The van der Waals surface area contributed by atoms with Crippen LogP contribution in [-0.2, 0) is 14.3 Å². The van der Waals surface area contributed by atoms with Gasteiger partial charge in [-0.2, -0.15) is 0 Å². The minimum atomic E-state index is -0.971. The molecular formula is C20H25N7O6. The van der Waals surface area contributed by atoms with Crippen LogP contribution in [0.15, 0.2) is 17.2 Å². The summed E-state index contributed by atoms with van der Waals surface area (Å²) in [5.41, 5.74) is 7.23. The first-order valence-electron chi connectivity index (χ1n) is 10.5. The van der Waals surface area contributed by atoms with Crippen molar-refractivity contribution in [1.82, 2.24) is 9.88 Å². The zero-order valence-corrected chi connectivity index (χ0v) is 18.6. The molecule has 1 aromatic rings. The van der Waals surface area contributed by atoms with Gasteiger partial charge in [0.2, 0.25) is 0 Å². The van der Waals surface area contributed by atoms with Crippen molar-refractivity contribution in [2.75, 3.05) is 43.0 Å². The third-order valence-electron chi connectivity index (χ3n) is 5.68. The maximum atomic E-state index is 12.8. The molecule has 0 radical (unpaired) electrons. The molecule has 0 aromatic carbocycles. The quantitative estimate of drug-likeness (QED) is 0.413. The van der Waals surface area contributed by atoms with Gasteiger partial charge in [0, 0.05) is 36.9 Å². The van der Waals surface area contributed by atoms with E-state index in [1.165, 1.54) is 9.80 Å². The number of pyridine rings is 1. The van der Waals surface area contributed by atoms with E-state index in [9.17, 15) is 14.4 Å². The highest BCUT2D eigenvalue weighted by Crippen LogP contribution is 2.40. The molecule has 0 bridgehead atoms. The molecule has 4 rings (SSSR count). The molecule has 3 aliphatic heterocycles. The average Bonchev–Trinajstić information content (AvgIpc) is 3.08. The largest absolute Gasteiger partial charge is 0.480 e. The van der Waals surface area contributed by atoms with Gasteiger partial charge in [0.15, 0.2) is 18.2 Å². The molecule has 4 heterocycles. The second-order valence-corrected chi connectivity index (χ2v) is 9.16. The maximum Gasteiger partial charge on any atom is 0.416 e. The number of ether oxygens (including phenoxy) is 3. The number of hydrogen-bond acceptors (Lipinski definition) is 8. The van der Waals surface area contributed by atoms with Crippen molar-refractivity contribution in [1.29, 1.82) is 0 Å². The highest BCUT2D eigenvalue weighted by molar-refractivity contribution is 5.95. The summed E-state index contributed by atoms with van der Waals surface area (Å²) in [4.78, 5) is 47.1. The number of likely N-dealkylation sites (tertiary alicyclic amines) is 1. The minimum Gasteiger partial charge on any atom is -0.480 e. The van der Waals surface area contributed by atoms with E-state index in [1.54, 1.807) is 32.9 Å². The highest BCUT2D eigenvalue weighted by Gasteiger charge is 2.54. The lowest BCUT2D eigenvalue weighted by molar-refractivity contribution is -0.118. The van der Waals surface area contributed by atoms with Crippen LogP contribution >= 0.6 is 0 Å². The standard InChI is InChI=1S/C20H25N7O6/c1-19(2,3)32-17(29)26-7-6-20(12(9-26)8-22-25-21)11-27(18(30)33-20)14-5-4-13-16(23-14)24-15(28)10-31-13/h4-5,12H,6-11H2,1-3H3,(H,23,24,28). The molecule has 13 heteroatoms. The lowest BCUT2D eigenvalue weighted by Crippen LogP contribution is -2.57. The molecule has 2 unspecified atom stereocenters. The predicted molar refractivity (Wildman–Crippen MR) is 115 cm³/mol. The first kappa shape index (κ1) is 22.5. The summed E-state index contributed by atoms with van der Waals surface area (Å²) >= 11 is 0. The maximum absolute atomic E-state index is 12.8. The Morgan fingerprint density at radius 1 is 1.42 bits per heavy atom. The van der Waals surface area contributed by atoms with Crippen molar-refractivity contribution in [3.8, 4) is 5.75 Å². The number of piperidine rings is 1. The number of carbonyl (C=O) groups excluding carboxylic acids is 3. The average molecular weight is 459 g/mol. The van der Waals surface area contributed by atoms with E-state index >= 15 is 0 Å². The summed E-state index contributed by atoms with van der Waals surface area (Å²) in [6, 6.07) is 3.23. The van der Waals surface area contributed by atoms with E-state index in [2.05, 4.69) is 20.3 Å². The monoisotopic (exact) mass is 459 g/mol. The van der Waals surface area contributed by atoms with Gasteiger partial charge >= 0.3 is 12.2 Å². The van der Waals surface area contributed by atoms with Crippen molar-refractivity contribution < 1.29 is 28.6 Å². The number of amides is 3. The van der Waals surface area contributed by atoms with Crippen LogP contribution in [0.3, 0.4) is 0 Å². The molecule has 0 saturated carbocycles. The number of carbonyl (C=O) groups is 3. The second kappa shape index (κ2) is 8.32. The van der Waals surface area contributed by atoms with Crippen LogP contribution in [0.25, 0.3) is 10.4 Å². The molecule has 1 spiro atoms. The van der Waals surface area contributed by atoms with E-state index in [0.717, 1.165) is 0 Å². The molecule has 33 heavy (non-hydrogen) atoms. The Bertz CT molecular complexity index is 1030. The summed E-state index contributed by atoms with van der Waals surface area (Å²) in [5, 5.41) is 6.30. The van der Waals surface area contributed by atoms with Crippen LogP contribution in [-0.4, -0.2) is 72.0 Å². The van der Waals surface area contributed by atoms with Gasteiger partial charge in [-0.25, -0.2) is 14.6 Å². The van der Waals surface area contributed by atoms with Crippen molar-refractivity contribution in [3.05, 3.63) is 22.6 Å². The summed E-state index contributed by atoms with van der Waals surface area (Å²) in [6.45, 7) is 5.95. The van der Waals surface area contributed by atoms with Crippen LogP contribution in [0.1, 0.15) is 27.2 Å². The number of aromatic nitrogens is 1. The van der Waals surface area contributed by atoms with E-state index in [4.69, 9.17) is 19.7 Å². The second-order valence-electron chi connectivity index (χ2n) is 9.16. The number of hydrogen-bond donors (Lipinski definition) is 1. The molecule has 2 fully saturated rings. The molecule has 2 atom stereocenters. The van der Waals surface area contributed by atoms with Gasteiger partial charge in [0.25, 0.3) is 5.91 Å². The summed E-state index contributed by atoms with van der Waals surface area (Å²) in [7, 11) is 0. The Kier molecular flexibility index (Phi) is 5.66. The highest BCUT2D eigenvalue weighted by atomic mass is 16.6. The number of fused-ring (bicyclic) bond motifs is 1. The molecule has 1 aromatic heterocycles. The van der Waals surface area contributed by atoms with Crippen molar-refractivity contribution in [2.45, 2.75) is 38.4 Å². The molecular weight excluding hydrogens is 434 g/mol. The molecule has 1 N–H and O–H groups in total. The van der Waals surface area contributed by atoms with E-state index in [1.807, 2.05) is 0 Å². The Labute approximate surface area is 189 Å². The lowest BCUT2D eigenvalue weighted by Gasteiger charge is -2.43. The fourth-order valence-corrected chi connectivity index (χ4v) is 4.12. The van der Waals surface area contributed by atoms with Gasteiger partial charge < -0.3 is 24.4 Å². The summed E-state index contributed by atoms with van der Waals surface area (Å²) in [5.74, 6) is 0.148. The summed E-state index contributed by atoms with van der Waals surface area (Å²) < 4.78 is 16.6. The van der Waals surface area contributed by atoms with Gasteiger partial charge in [0.1, 0.15) is 17.0 Å². The van der Waals surface area contributed by atoms with Gasteiger partial charge in [-0.05, 0) is 38.4 Å². The van der Waals surface area contributed by atoms with Crippen molar-refractivity contribution in [2.24, 2.45) is 11.0 Å². The Morgan fingerprint density at radius 3 is 2.94 bits per heavy atom. The normalized spacial score (nSPS) is 24.4. The zero-order valence-electron chi connectivity index (χ0n) is 18.6. The van der Waals surface area contributed by atoms with Crippen LogP contribution in [0, 0.1) is 5.92 Å². The van der Waals surface area contributed by atoms with Gasteiger partial charge in [0.05, 0.1) is 6.54 Å². The fourth-order valence-electron chi connectivity index (χ4n) is 4.12. The molecule has 3 amide bonds. The first-order chi connectivity index (χ1) is 15.6. The lowest BCUT2D eigenvalue weighted by atomic mass is 9.80. The topological polar surface area (TPSA) is 159 Å². The van der Waals surface area contributed by atoms with Crippen LogP contribution in [0.4, 0.5) is 21.2 Å². The van der Waals surface area contributed by atoms with E-state index < -0.39 is 29.3 Å².